The summed E-state index contributed by atoms with van der Waals surface area (Å²) in [5.41, 5.74) is 0. The Morgan fingerprint density at radius 3 is 2.50 bits per heavy atom. The van der Waals surface area contributed by atoms with Gasteiger partial charge in [-0.15, -0.1) is 0 Å². The molecule has 3 atom stereocenters. The van der Waals surface area contributed by atoms with Crippen LogP contribution in [0.4, 0.5) is 0 Å². The van der Waals surface area contributed by atoms with Crippen LogP contribution in [0.5, 0.6) is 0 Å². The third-order valence-corrected chi connectivity index (χ3v) is 2.31. The zero-order valence-corrected chi connectivity index (χ0v) is 8.56. The average Bonchev–Trinajstić information content (AvgIpc) is 2.43. The van der Waals surface area contributed by atoms with Gasteiger partial charge in [0.1, 0.15) is 6.10 Å². The predicted octanol–water partition coefficient (Wildman–Crippen LogP) is 0.219. The van der Waals surface area contributed by atoms with Crippen LogP contribution in [0, 0.1) is 5.92 Å². The number of aliphatic hydroxyl groups excluding tert-OH is 1. The van der Waals surface area contributed by atoms with Gasteiger partial charge in [0.2, 0.25) is 0 Å². The molecule has 1 saturated heterocycles. The molecule has 0 spiro atoms. The van der Waals surface area contributed by atoms with Crippen molar-refractivity contribution >= 4 is 5.97 Å². The highest BCUT2D eigenvalue weighted by Gasteiger charge is 2.40. The molecule has 0 bridgehead atoms. The standard InChI is InChI=1S/C9H16O5/c1-5(8(11)12)7(10)6-4-13-9(2,3)14-6/h5-7,10H,4H2,1-3H3,(H,11,12)/t5-,6-,7+/m1/s1. The Morgan fingerprint density at radius 2 is 2.14 bits per heavy atom. The van der Waals surface area contributed by atoms with Crippen LogP contribution in [0.15, 0.2) is 0 Å². The van der Waals surface area contributed by atoms with Crippen molar-refractivity contribution in [1.82, 2.24) is 0 Å². The Labute approximate surface area is 82.6 Å². The molecule has 1 aliphatic heterocycles. The van der Waals surface area contributed by atoms with Gasteiger partial charge in [0.25, 0.3) is 0 Å². The maximum absolute atomic E-state index is 10.6. The van der Waals surface area contributed by atoms with Crippen molar-refractivity contribution in [1.29, 1.82) is 0 Å². The van der Waals surface area contributed by atoms with Crippen molar-refractivity contribution in [2.75, 3.05) is 6.61 Å². The fourth-order valence-electron chi connectivity index (χ4n) is 1.35. The van der Waals surface area contributed by atoms with Gasteiger partial charge < -0.3 is 19.7 Å². The van der Waals surface area contributed by atoms with E-state index >= 15 is 0 Å². The molecule has 1 rings (SSSR count). The third kappa shape index (κ3) is 2.43. The first-order chi connectivity index (χ1) is 6.33. The van der Waals surface area contributed by atoms with Gasteiger partial charge >= 0.3 is 5.97 Å². The lowest BCUT2D eigenvalue weighted by Crippen LogP contribution is -2.38. The van der Waals surface area contributed by atoms with Gasteiger partial charge in [0.15, 0.2) is 5.79 Å². The third-order valence-electron chi connectivity index (χ3n) is 2.31. The first-order valence-corrected chi connectivity index (χ1v) is 4.56. The highest BCUT2D eigenvalue weighted by molar-refractivity contribution is 5.70. The van der Waals surface area contributed by atoms with Crippen molar-refractivity contribution in [3.8, 4) is 0 Å². The van der Waals surface area contributed by atoms with Gasteiger partial charge in [-0.3, -0.25) is 4.79 Å². The molecule has 0 aliphatic carbocycles. The minimum atomic E-state index is -1.04. The summed E-state index contributed by atoms with van der Waals surface area (Å²) in [7, 11) is 0. The summed E-state index contributed by atoms with van der Waals surface area (Å²) in [6.45, 7) is 5.13. The molecule has 0 aromatic carbocycles. The van der Waals surface area contributed by atoms with E-state index in [1.807, 2.05) is 0 Å². The molecule has 82 valence electrons. The smallest absolute Gasteiger partial charge is 0.308 e. The predicted molar refractivity (Wildman–Crippen MR) is 47.7 cm³/mol. The SMILES string of the molecule is C[C@@H](C(=O)O)[C@H](O)[C@H]1COC(C)(C)O1. The van der Waals surface area contributed by atoms with Gasteiger partial charge in [-0.2, -0.15) is 0 Å². The maximum Gasteiger partial charge on any atom is 0.308 e. The van der Waals surface area contributed by atoms with E-state index in [0.29, 0.717) is 0 Å². The van der Waals surface area contributed by atoms with E-state index in [0.717, 1.165) is 0 Å². The molecule has 0 aromatic heterocycles. The molecule has 5 nitrogen and oxygen atoms in total. The minimum absolute atomic E-state index is 0.228. The van der Waals surface area contributed by atoms with Crippen LogP contribution in [0.25, 0.3) is 0 Å². The summed E-state index contributed by atoms with van der Waals surface area (Å²) in [4.78, 5) is 10.6. The second kappa shape index (κ2) is 3.84. The van der Waals surface area contributed by atoms with Crippen molar-refractivity contribution in [3.05, 3.63) is 0 Å². The second-order valence-electron chi connectivity index (χ2n) is 3.98. The Morgan fingerprint density at radius 1 is 1.57 bits per heavy atom. The Bertz CT molecular complexity index is 225. The first-order valence-electron chi connectivity index (χ1n) is 4.56. The number of rotatable bonds is 3. The topological polar surface area (TPSA) is 76.0 Å². The van der Waals surface area contributed by atoms with E-state index in [4.69, 9.17) is 14.6 Å². The number of carboxylic acid groups (broad SMARTS) is 1. The van der Waals surface area contributed by atoms with Crippen molar-refractivity contribution < 1.29 is 24.5 Å². The maximum atomic E-state index is 10.6. The van der Waals surface area contributed by atoms with E-state index < -0.39 is 29.9 Å². The molecule has 0 saturated carbocycles. The number of hydrogen-bond acceptors (Lipinski definition) is 4. The fraction of sp³-hybridized carbons (Fsp3) is 0.889. The van der Waals surface area contributed by atoms with Gasteiger partial charge in [0, 0.05) is 0 Å². The summed E-state index contributed by atoms with van der Waals surface area (Å²) in [6, 6.07) is 0. The summed E-state index contributed by atoms with van der Waals surface area (Å²) in [5, 5.41) is 18.3. The second-order valence-corrected chi connectivity index (χ2v) is 3.98. The van der Waals surface area contributed by atoms with Crippen LogP contribution in [0.1, 0.15) is 20.8 Å². The summed E-state index contributed by atoms with van der Waals surface area (Å²) >= 11 is 0. The van der Waals surface area contributed by atoms with Gasteiger partial charge in [-0.25, -0.2) is 0 Å². The van der Waals surface area contributed by atoms with Gasteiger partial charge in [0.05, 0.1) is 18.6 Å². The van der Waals surface area contributed by atoms with Crippen molar-refractivity contribution in [2.45, 2.75) is 38.8 Å². The zero-order chi connectivity index (χ0) is 10.9. The Hall–Kier alpha value is -0.650. The monoisotopic (exact) mass is 204 g/mol. The molecule has 2 N–H and O–H groups in total. The van der Waals surface area contributed by atoms with E-state index in [9.17, 15) is 9.90 Å². The molecule has 0 radical (unpaired) electrons. The lowest BCUT2D eigenvalue weighted by Gasteiger charge is -2.22. The summed E-state index contributed by atoms with van der Waals surface area (Å²) < 4.78 is 10.6. The van der Waals surface area contributed by atoms with Crippen LogP contribution in [-0.4, -0.2) is 40.8 Å². The zero-order valence-electron chi connectivity index (χ0n) is 8.56. The average molecular weight is 204 g/mol. The van der Waals surface area contributed by atoms with Gasteiger partial charge in [-0.1, -0.05) is 0 Å². The lowest BCUT2D eigenvalue weighted by molar-refractivity contribution is -0.164. The number of aliphatic carboxylic acids is 1. The van der Waals surface area contributed by atoms with Crippen LogP contribution < -0.4 is 0 Å². The van der Waals surface area contributed by atoms with E-state index in [2.05, 4.69) is 0 Å². The molecule has 1 heterocycles. The minimum Gasteiger partial charge on any atom is -0.481 e. The van der Waals surface area contributed by atoms with E-state index in [1.54, 1.807) is 13.8 Å². The molecule has 1 aliphatic rings. The Kier molecular flexibility index (Phi) is 3.14. The number of ether oxygens (including phenoxy) is 2. The normalized spacial score (nSPS) is 29.9. The lowest BCUT2D eigenvalue weighted by atomic mass is 10.0. The highest BCUT2D eigenvalue weighted by atomic mass is 16.7. The summed E-state index contributed by atoms with van der Waals surface area (Å²) in [5.74, 6) is -2.62. The summed E-state index contributed by atoms with van der Waals surface area (Å²) in [6.07, 6.45) is -1.59. The molecule has 14 heavy (non-hydrogen) atoms. The largest absolute Gasteiger partial charge is 0.481 e. The van der Waals surface area contributed by atoms with Crippen LogP contribution in [0.2, 0.25) is 0 Å². The molecule has 0 amide bonds. The fourth-order valence-corrected chi connectivity index (χ4v) is 1.35. The number of carbonyl (C=O) groups is 1. The van der Waals surface area contributed by atoms with Crippen molar-refractivity contribution in [2.24, 2.45) is 5.92 Å². The number of aliphatic hydroxyl groups is 1. The van der Waals surface area contributed by atoms with E-state index in [1.165, 1.54) is 6.92 Å². The van der Waals surface area contributed by atoms with Crippen LogP contribution in [-0.2, 0) is 14.3 Å². The van der Waals surface area contributed by atoms with Gasteiger partial charge in [-0.05, 0) is 20.8 Å². The Balaban J connectivity index is 2.55. The highest BCUT2D eigenvalue weighted by Crippen LogP contribution is 2.26. The first kappa shape index (κ1) is 11.4. The molecule has 0 aromatic rings. The van der Waals surface area contributed by atoms with Crippen molar-refractivity contribution in [3.63, 3.8) is 0 Å². The number of hydrogen-bond donors (Lipinski definition) is 2. The molecular weight excluding hydrogens is 188 g/mol. The number of carboxylic acids is 1. The van der Waals surface area contributed by atoms with E-state index in [-0.39, 0.29) is 6.61 Å². The van der Waals surface area contributed by atoms with Crippen LogP contribution >= 0.6 is 0 Å². The molecular formula is C9H16O5. The quantitative estimate of drug-likeness (QED) is 0.687. The van der Waals surface area contributed by atoms with Crippen LogP contribution in [0.3, 0.4) is 0 Å². The molecule has 0 unspecified atom stereocenters. The molecule has 5 heteroatoms. The molecule has 1 fully saturated rings.